The van der Waals surface area contributed by atoms with E-state index in [1.54, 1.807) is 18.2 Å². The van der Waals surface area contributed by atoms with Gasteiger partial charge >= 0.3 is 0 Å². The van der Waals surface area contributed by atoms with Crippen LogP contribution in [-0.2, 0) is 6.54 Å². The molecule has 0 fully saturated rings. The van der Waals surface area contributed by atoms with Gasteiger partial charge in [0, 0.05) is 17.8 Å². The van der Waals surface area contributed by atoms with E-state index in [1.807, 2.05) is 24.3 Å². The van der Waals surface area contributed by atoms with E-state index in [1.165, 1.54) is 13.3 Å². The predicted molar refractivity (Wildman–Crippen MR) is 106 cm³/mol. The molecule has 3 aromatic rings. The molecule has 0 unspecified atom stereocenters. The zero-order valence-electron chi connectivity index (χ0n) is 15.2. The zero-order chi connectivity index (χ0) is 19.5. The Morgan fingerprint density at radius 1 is 1.11 bits per heavy atom. The van der Waals surface area contributed by atoms with E-state index in [0.717, 1.165) is 22.7 Å². The van der Waals surface area contributed by atoms with Gasteiger partial charge in [0.05, 0.1) is 0 Å². The molecule has 1 aliphatic rings. The monoisotopic (exact) mass is 377 g/mol. The summed E-state index contributed by atoms with van der Waals surface area (Å²) in [6, 6.07) is 12.9. The summed E-state index contributed by atoms with van der Waals surface area (Å²) in [7, 11) is 0. The third kappa shape index (κ3) is 3.66. The number of nitrogens with two attached hydrogens (primary N) is 1. The molecule has 4 N–H and O–H groups in total. The number of carbonyl (C=O) groups excluding carboxylic acids is 1. The van der Waals surface area contributed by atoms with Crippen LogP contribution in [0.5, 0.6) is 11.5 Å². The fourth-order valence-electron chi connectivity index (χ4n) is 2.83. The topological polar surface area (TPSA) is 111 Å². The first-order valence-electron chi connectivity index (χ1n) is 8.71. The van der Waals surface area contributed by atoms with Crippen LogP contribution in [0.3, 0.4) is 0 Å². The van der Waals surface area contributed by atoms with Gasteiger partial charge in [0.2, 0.25) is 6.79 Å². The van der Waals surface area contributed by atoms with Crippen LogP contribution in [0.15, 0.2) is 48.8 Å². The lowest BCUT2D eigenvalue weighted by atomic mass is 10.1. The van der Waals surface area contributed by atoms with Crippen molar-refractivity contribution < 1.29 is 14.3 Å². The number of aromatic nitrogens is 2. The normalized spacial score (nSPS) is 11.9. The molecule has 0 saturated heterocycles. The van der Waals surface area contributed by atoms with Crippen LogP contribution in [0.4, 0.5) is 23.0 Å². The summed E-state index contributed by atoms with van der Waals surface area (Å²) in [4.78, 5) is 20.0. The van der Waals surface area contributed by atoms with Crippen LogP contribution in [0.1, 0.15) is 22.8 Å². The second-order valence-electron chi connectivity index (χ2n) is 6.29. The Balaban J connectivity index is 1.49. The Hall–Kier alpha value is -3.81. The number of rotatable bonds is 6. The quantitative estimate of drug-likeness (QED) is 0.561. The summed E-state index contributed by atoms with van der Waals surface area (Å²) in [5.41, 5.74) is 8.94. The summed E-state index contributed by atoms with van der Waals surface area (Å²) < 4.78 is 10.7. The Labute approximate surface area is 161 Å². The van der Waals surface area contributed by atoms with Gasteiger partial charge < -0.3 is 25.8 Å². The highest BCUT2D eigenvalue weighted by atomic mass is 16.7. The van der Waals surface area contributed by atoms with E-state index in [-0.39, 0.29) is 12.6 Å². The van der Waals surface area contributed by atoms with Crippen molar-refractivity contribution in [3.05, 3.63) is 59.9 Å². The summed E-state index contributed by atoms with van der Waals surface area (Å²) in [5.74, 6) is 2.43. The number of hydrogen-bond acceptors (Lipinski definition) is 8. The minimum atomic E-state index is -0.00890. The van der Waals surface area contributed by atoms with Gasteiger partial charge in [0.1, 0.15) is 12.0 Å². The lowest BCUT2D eigenvalue weighted by Gasteiger charge is -2.13. The smallest absolute Gasteiger partial charge is 0.231 e. The molecule has 2 heterocycles. The van der Waals surface area contributed by atoms with Gasteiger partial charge in [-0.3, -0.25) is 4.79 Å². The SMILES string of the molecule is CC(=O)c1cccc(Nc2ncnc(NCc3ccc4c(c3)OCO4)c2N)c1. The molecule has 28 heavy (non-hydrogen) atoms. The van der Waals surface area contributed by atoms with Gasteiger partial charge in [0.25, 0.3) is 0 Å². The molecule has 142 valence electrons. The van der Waals surface area contributed by atoms with E-state index in [0.29, 0.717) is 29.4 Å². The van der Waals surface area contributed by atoms with E-state index < -0.39 is 0 Å². The van der Waals surface area contributed by atoms with Crippen molar-refractivity contribution in [2.24, 2.45) is 0 Å². The van der Waals surface area contributed by atoms with Gasteiger partial charge in [0.15, 0.2) is 28.9 Å². The molecule has 8 nitrogen and oxygen atoms in total. The maximum atomic E-state index is 11.6. The number of nitrogens with zero attached hydrogens (tertiary/aromatic N) is 2. The number of Topliss-reactive ketones (excluding diaryl/α,β-unsaturated/α-hetero) is 1. The Morgan fingerprint density at radius 3 is 2.79 bits per heavy atom. The summed E-state index contributed by atoms with van der Waals surface area (Å²) in [6.07, 6.45) is 1.43. The van der Waals surface area contributed by atoms with Crippen molar-refractivity contribution in [2.45, 2.75) is 13.5 Å². The van der Waals surface area contributed by atoms with Crippen LogP contribution >= 0.6 is 0 Å². The molecule has 1 aliphatic heterocycles. The van der Waals surface area contributed by atoms with Crippen molar-refractivity contribution in [1.29, 1.82) is 0 Å². The van der Waals surface area contributed by atoms with Crippen LogP contribution in [0.25, 0.3) is 0 Å². The fraction of sp³-hybridized carbons (Fsp3) is 0.150. The number of hydrogen-bond donors (Lipinski definition) is 3. The molecule has 0 spiro atoms. The van der Waals surface area contributed by atoms with E-state index >= 15 is 0 Å². The highest BCUT2D eigenvalue weighted by Gasteiger charge is 2.14. The molecule has 0 amide bonds. The minimum Gasteiger partial charge on any atom is -0.454 e. The number of nitrogens with one attached hydrogen (secondary N) is 2. The van der Waals surface area contributed by atoms with E-state index in [9.17, 15) is 4.79 Å². The number of ether oxygens (including phenoxy) is 2. The van der Waals surface area contributed by atoms with Gasteiger partial charge in [-0.1, -0.05) is 18.2 Å². The molecule has 1 aromatic heterocycles. The first-order chi connectivity index (χ1) is 13.6. The predicted octanol–water partition coefficient (Wildman–Crippen LogP) is 3.35. The summed E-state index contributed by atoms with van der Waals surface area (Å²) in [5, 5.41) is 6.34. The van der Waals surface area contributed by atoms with Crippen molar-refractivity contribution in [1.82, 2.24) is 9.97 Å². The summed E-state index contributed by atoms with van der Waals surface area (Å²) in [6.45, 7) is 2.28. The maximum absolute atomic E-state index is 11.6. The second kappa shape index (κ2) is 7.43. The highest BCUT2D eigenvalue weighted by molar-refractivity contribution is 5.95. The van der Waals surface area contributed by atoms with Crippen LogP contribution < -0.4 is 25.8 Å². The summed E-state index contributed by atoms with van der Waals surface area (Å²) >= 11 is 0. The van der Waals surface area contributed by atoms with Crippen molar-refractivity contribution in [3.63, 3.8) is 0 Å². The average Bonchev–Trinajstić information content (AvgIpc) is 3.17. The Morgan fingerprint density at radius 2 is 1.93 bits per heavy atom. The van der Waals surface area contributed by atoms with E-state index in [2.05, 4.69) is 20.6 Å². The Kier molecular flexibility index (Phi) is 4.67. The Bertz CT molecular complexity index is 1040. The maximum Gasteiger partial charge on any atom is 0.231 e. The standard InChI is InChI=1S/C20H19N5O3/c1-12(26)14-3-2-4-15(8-14)25-20-18(21)19(23-10-24-20)22-9-13-5-6-16-17(7-13)28-11-27-16/h2-8,10H,9,11,21H2,1H3,(H2,22,23,24,25). The van der Waals surface area contributed by atoms with Crippen molar-refractivity contribution in [2.75, 3.05) is 23.2 Å². The van der Waals surface area contributed by atoms with Crippen molar-refractivity contribution >= 4 is 28.8 Å². The lowest BCUT2D eigenvalue weighted by Crippen LogP contribution is -2.08. The van der Waals surface area contributed by atoms with Gasteiger partial charge in [-0.05, 0) is 36.8 Å². The molecule has 4 rings (SSSR count). The van der Waals surface area contributed by atoms with E-state index in [4.69, 9.17) is 15.2 Å². The first-order valence-corrected chi connectivity index (χ1v) is 8.71. The number of anilines is 4. The van der Waals surface area contributed by atoms with Gasteiger partial charge in [-0.25, -0.2) is 9.97 Å². The third-order valence-electron chi connectivity index (χ3n) is 4.31. The molecule has 2 aromatic carbocycles. The van der Waals surface area contributed by atoms with Crippen molar-refractivity contribution in [3.8, 4) is 11.5 Å². The van der Waals surface area contributed by atoms with Crippen LogP contribution in [-0.4, -0.2) is 22.5 Å². The molecule has 0 radical (unpaired) electrons. The largest absolute Gasteiger partial charge is 0.454 e. The highest BCUT2D eigenvalue weighted by Crippen LogP contribution is 2.33. The number of ketones is 1. The zero-order valence-corrected chi connectivity index (χ0v) is 15.2. The molecule has 0 bridgehead atoms. The van der Waals surface area contributed by atoms with Crippen LogP contribution in [0, 0.1) is 0 Å². The number of carbonyl (C=O) groups is 1. The average molecular weight is 377 g/mol. The molecule has 8 heteroatoms. The molecule has 0 saturated carbocycles. The number of fused-ring (bicyclic) bond motifs is 1. The van der Waals surface area contributed by atoms with Gasteiger partial charge in [-0.2, -0.15) is 0 Å². The second-order valence-corrected chi connectivity index (χ2v) is 6.29. The molecule has 0 atom stereocenters. The molecular weight excluding hydrogens is 358 g/mol. The lowest BCUT2D eigenvalue weighted by molar-refractivity contribution is 0.101. The molecule has 0 aliphatic carbocycles. The first kappa shape index (κ1) is 17.6. The number of benzene rings is 2. The molecular formula is C20H19N5O3. The third-order valence-corrected chi connectivity index (χ3v) is 4.31. The minimum absolute atomic E-state index is 0.00890. The van der Waals surface area contributed by atoms with Gasteiger partial charge in [-0.15, -0.1) is 0 Å². The fourth-order valence-corrected chi connectivity index (χ4v) is 2.83. The van der Waals surface area contributed by atoms with Crippen LogP contribution in [0.2, 0.25) is 0 Å². The number of nitrogen functional groups attached to an aromatic ring is 1.